The molecule has 0 aromatic heterocycles. The highest BCUT2D eigenvalue weighted by Crippen LogP contribution is 2.44. The highest BCUT2D eigenvalue weighted by atomic mass is 14.2. The van der Waals surface area contributed by atoms with Crippen molar-refractivity contribution in [3.8, 4) is 0 Å². The van der Waals surface area contributed by atoms with Crippen molar-refractivity contribution in [1.82, 2.24) is 0 Å². The zero-order valence-electron chi connectivity index (χ0n) is 22.8. The van der Waals surface area contributed by atoms with E-state index in [1.165, 1.54) is 93.4 Å². The standard InChI is InChI=1S/C34H46/c1-7-11-15-25-19-29-20-27(17-13-9-3)31-21-26(16-12-8-2)23(5)30-22-28(18-14-10-4)32(24(25)6)33(29)34(30)31/h19-22H,7-18H2,1-6H3. The maximum atomic E-state index is 2.62. The van der Waals surface area contributed by atoms with Crippen molar-refractivity contribution in [3.63, 3.8) is 0 Å². The van der Waals surface area contributed by atoms with E-state index in [9.17, 15) is 0 Å². The summed E-state index contributed by atoms with van der Waals surface area (Å²) < 4.78 is 0. The summed E-state index contributed by atoms with van der Waals surface area (Å²) in [6.45, 7) is 14.1. The molecule has 0 saturated heterocycles. The fraction of sp³-hybridized carbons (Fsp3) is 0.529. The topological polar surface area (TPSA) is 0 Å². The van der Waals surface area contributed by atoms with Crippen LogP contribution in [0.25, 0.3) is 32.3 Å². The predicted molar refractivity (Wildman–Crippen MR) is 154 cm³/mol. The van der Waals surface area contributed by atoms with Crippen LogP contribution in [0.5, 0.6) is 0 Å². The Balaban J connectivity index is 2.13. The molecule has 0 unspecified atom stereocenters. The Morgan fingerprint density at radius 2 is 0.912 bits per heavy atom. The van der Waals surface area contributed by atoms with Gasteiger partial charge in [0.15, 0.2) is 0 Å². The highest BCUT2D eigenvalue weighted by Gasteiger charge is 2.20. The molecular weight excluding hydrogens is 408 g/mol. The lowest BCUT2D eigenvalue weighted by molar-refractivity contribution is 0.789. The summed E-state index contributed by atoms with van der Waals surface area (Å²) in [5.74, 6) is 0. The van der Waals surface area contributed by atoms with Gasteiger partial charge in [-0.15, -0.1) is 0 Å². The Morgan fingerprint density at radius 1 is 0.441 bits per heavy atom. The summed E-state index contributed by atoms with van der Waals surface area (Å²) in [6.07, 6.45) is 14.9. The lowest BCUT2D eigenvalue weighted by Crippen LogP contribution is -2.02. The lowest BCUT2D eigenvalue weighted by Gasteiger charge is -2.23. The summed E-state index contributed by atoms with van der Waals surface area (Å²) >= 11 is 0. The van der Waals surface area contributed by atoms with Crippen molar-refractivity contribution in [2.24, 2.45) is 0 Å². The molecule has 182 valence electrons. The van der Waals surface area contributed by atoms with Crippen LogP contribution in [0.3, 0.4) is 0 Å². The lowest BCUT2D eigenvalue weighted by atomic mass is 9.81. The summed E-state index contributed by atoms with van der Waals surface area (Å²) in [7, 11) is 0. The van der Waals surface area contributed by atoms with E-state index in [0.29, 0.717) is 0 Å². The first-order valence-electron chi connectivity index (χ1n) is 14.3. The minimum atomic E-state index is 1.19. The van der Waals surface area contributed by atoms with E-state index in [0.717, 1.165) is 0 Å². The summed E-state index contributed by atoms with van der Waals surface area (Å²) in [5.41, 5.74) is 9.39. The monoisotopic (exact) mass is 454 g/mol. The molecule has 0 saturated carbocycles. The fourth-order valence-corrected chi connectivity index (χ4v) is 6.11. The summed E-state index contributed by atoms with van der Waals surface area (Å²) in [6, 6.07) is 10.3. The third kappa shape index (κ3) is 4.58. The van der Waals surface area contributed by atoms with Crippen LogP contribution in [0.1, 0.15) is 112 Å². The Hall–Kier alpha value is -2.08. The van der Waals surface area contributed by atoms with Crippen LogP contribution in [0.15, 0.2) is 24.3 Å². The van der Waals surface area contributed by atoms with Gasteiger partial charge in [0.1, 0.15) is 0 Å². The van der Waals surface area contributed by atoms with Gasteiger partial charge in [0.2, 0.25) is 0 Å². The van der Waals surface area contributed by atoms with Gasteiger partial charge in [0, 0.05) is 0 Å². The number of benzene rings is 4. The second-order valence-corrected chi connectivity index (χ2v) is 10.8. The van der Waals surface area contributed by atoms with E-state index < -0.39 is 0 Å². The number of unbranched alkanes of at least 4 members (excludes halogenated alkanes) is 4. The van der Waals surface area contributed by atoms with Crippen molar-refractivity contribution in [2.75, 3.05) is 0 Å². The molecule has 0 heterocycles. The molecule has 0 amide bonds. The van der Waals surface area contributed by atoms with Crippen molar-refractivity contribution in [1.29, 1.82) is 0 Å². The van der Waals surface area contributed by atoms with Crippen LogP contribution in [0.4, 0.5) is 0 Å². The quantitative estimate of drug-likeness (QED) is 0.187. The average molecular weight is 455 g/mol. The predicted octanol–water partition coefficient (Wildman–Crippen LogP) is 10.6. The zero-order chi connectivity index (χ0) is 24.2. The molecule has 0 radical (unpaired) electrons. The molecule has 0 spiro atoms. The average Bonchev–Trinajstić information content (AvgIpc) is 2.85. The van der Waals surface area contributed by atoms with Crippen LogP contribution in [-0.4, -0.2) is 0 Å². The van der Waals surface area contributed by atoms with Crippen molar-refractivity contribution in [2.45, 2.75) is 119 Å². The molecule has 4 rings (SSSR count). The molecule has 0 aliphatic rings. The van der Waals surface area contributed by atoms with Crippen LogP contribution in [0.2, 0.25) is 0 Å². The van der Waals surface area contributed by atoms with Gasteiger partial charge in [-0.3, -0.25) is 0 Å². The molecule has 0 fully saturated rings. The molecule has 0 heteroatoms. The van der Waals surface area contributed by atoms with Gasteiger partial charge in [-0.2, -0.15) is 0 Å². The number of hydrogen-bond donors (Lipinski definition) is 0. The van der Waals surface area contributed by atoms with E-state index in [1.807, 2.05) is 0 Å². The van der Waals surface area contributed by atoms with E-state index in [2.05, 4.69) is 65.8 Å². The van der Waals surface area contributed by atoms with Crippen LogP contribution in [0, 0.1) is 13.8 Å². The van der Waals surface area contributed by atoms with Gasteiger partial charge in [-0.25, -0.2) is 0 Å². The zero-order valence-corrected chi connectivity index (χ0v) is 22.8. The number of aryl methyl sites for hydroxylation is 6. The molecule has 0 nitrogen and oxygen atoms in total. The van der Waals surface area contributed by atoms with Gasteiger partial charge in [-0.1, -0.05) is 77.6 Å². The van der Waals surface area contributed by atoms with Gasteiger partial charge < -0.3 is 0 Å². The minimum Gasteiger partial charge on any atom is -0.0654 e. The molecule has 0 atom stereocenters. The largest absolute Gasteiger partial charge is 0.0654 e. The summed E-state index contributed by atoms with van der Waals surface area (Å²) in [5, 5.41) is 9.27. The Labute approximate surface area is 208 Å². The third-order valence-corrected chi connectivity index (χ3v) is 8.23. The third-order valence-electron chi connectivity index (χ3n) is 8.23. The molecule has 0 aliphatic carbocycles. The molecule has 4 aromatic carbocycles. The van der Waals surface area contributed by atoms with Crippen LogP contribution < -0.4 is 0 Å². The first kappa shape index (κ1) is 25.0. The number of hydrogen-bond acceptors (Lipinski definition) is 0. The molecule has 0 bridgehead atoms. The highest BCUT2D eigenvalue weighted by molar-refractivity contribution is 6.26. The second-order valence-electron chi connectivity index (χ2n) is 10.8. The number of rotatable bonds is 12. The molecule has 0 aliphatic heterocycles. The molecule has 0 N–H and O–H groups in total. The van der Waals surface area contributed by atoms with Gasteiger partial charge >= 0.3 is 0 Å². The minimum absolute atomic E-state index is 1.19. The summed E-state index contributed by atoms with van der Waals surface area (Å²) in [4.78, 5) is 0. The Bertz CT molecular complexity index is 1250. The Kier molecular flexibility index (Phi) is 8.18. The van der Waals surface area contributed by atoms with Crippen molar-refractivity contribution in [3.05, 3.63) is 57.6 Å². The SMILES string of the molecule is CCCCc1cc2c(CCCC)cc3cc(CCCC)c(C)c4c(CCCC)cc(c1C)c2c34. The van der Waals surface area contributed by atoms with Crippen LogP contribution >= 0.6 is 0 Å². The maximum absolute atomic E-state index is 2.62. The van der Waals surface area contributed by atoms with E-state index in [1.54, 1.807) is 49.4 Å². The molecule has 4 aromatic rings. The molecular formula is C34H46. The Morgan fingerprint density at radius 3 is 1.50 bits per heavy atom. The van der Waals surface area contributed by atoms with E-state index in [-0.39, 0.29) is 0 Å². The van der Waals surface area contributed by atoms with Crippen LogP contribution in [-0.2, 0) is 25.7 Å². The fourth-order valence-electron chi connectivity index (χ4n) is 6.11. The van der Waals surface area contributed by atoms with Crippen molar-refractivity contribution < 1.29 is 0 Å². The van der Waals surface area contributed by atoms with Gasteiger partial charge in [0.25, 0.3) is 0 Å². The molecule has 34 heavy (non-hydrogen) atoms. The maximum Gasteiger partial charge on any atom is -0.00209 e. The smallest absolute Gasteiger partial charge is 0.00209 e. The second kappa shape index (κ2) is 11.1. The van der Waals surface area contributed by atoms with E-state index in [4.69, 9.17) is 0 Å². The van der Waals surface area contributed by atoms with Gasteiger partial charge in [-0.05, 0) is 131 Å². The van der Waals surface area contributed by atoms with Crippen molar-refractivity contribution >= 4 is 32.3 Å². The first-order valence-corrected chi connectivity index (χ1v) is 14.3. The first-order chi connectivity index (χ1) is 16.5. The van der Waals surface area contributed by atoms with Gasteiger partial charge in [0.05, 0.1) is 0 Å². The van der Waals surface area contributed by atoms with E-state index >= 15 is 0 Å². The normalized spacial score (nSPS) is 12.1.